The van der Waals surface area contributed by atoms with E-state index < -0.39 is 0 Å². The van der Waals surface area contributed by atoms with E-state index in [9.17, 15) is 4.79 Å². The van der Waals surface area contributed by atoms with Crippen LogP contribution in [0.2, 0.25) is 0 Å². The van der Waals surface area contributed by atoms with Crippen molar-refractivity contribution in [3.05, 3.63) is 29.3 Å². The van der Waals surface area contributed by atoms with Crippen molar-refractivity contribution in [3.63, 3.8) is 0 Å². The highest BCUT2D eigenvalue weighted by Gasteiger charge is 2.05. The van der Waals surface area contributed by atoms with E-state index in [1.807, 2.05) is 19.1 Å². The van der Waals surface area contributed by atoms with Crippen molar-refractivity contribution >= 4 is 28.9 Å². The average Bonchev–Trinajstić information content (AvgIpc) is 2.29. The molecule has 1 amide bonds. The lowest BCUT2D eigenvalue weighted by molar-refractivity contribution is -0.119. The molecule has 0 radical (unpaired) electrons. The van der Waals surface area contributed by atoms with Gasteiger partial charge in [0.15, 0.2) is 5.11 Å². The van der Waals surface area contributed by atoms with E-state index in [0.717, 1.165) is 17.7 Å². The summed E-state index contributed by atoms with van der Waals surface area (Å²) in [5.41, 5.74) is 8.37. The number of anilines is 1. The number of amides is 1. The molecule has 0 heterocycles. The molecule has 1 aromatic carbocycles. The summed E-state index contributed by atoms with van der Waals surface area (Å²) in [6, 6.07) is 6.09. The predicted molar refractivity (Wildman–Crippen MR) is 73.7 cm³/mol. The number of carbonyl (C=O) groups is 1. The molecule has 0 aromatic heterocycles. The van der Waals surface area contributed by atoms with Gasteiger partial charge in [0.1, 0.15) is 0 Å². The largest absolute Gasteiger partial charge is 0.331 e. The maximum Gasteiger partial charge on any atom is 0.235 e. The minimum Gasteiger partial charge on any atom is -0.331 e. The molecule has 0 atom stereocenters. The van der Waals surface area contributed by atoms with Gasteiger partial charge in [0, 0.05) is 12.6 Å². The van der Waals surface area contributed by atoms with Crippen molar-refractivity contribution in [2.75, 3.05) is 5.32 Å². The molecule has 0 aliphatic heterocycles. The molecule has 1 rings (SSSR count). The van der Waals surface area contributed by atoms with Gasteiger partial charge in [0.2, 0.25) is 5.91 Å². The molecule has 0 fully saturated rings. The molecule has 3 N–H and O–H groups in total. The van der Waals surface area contributed by atoms with Gasteiger partial charge in [-0.2, -0.15) is 0 Å². The number of benzene rings is 1. The SMILES string of the molecule is CCc1cccc(C)c1NC(=S)NNC(C)=O. The zero-order chi connectivity index (χ0) is 12.8. The molecular weight excluding hydrogens is 234 g/mol. The van der Waals surface area contributed by atoms with Gasteiger partial charge in [0.05, 0.1) is 0 Å². The van der Waals surface area contributed by atoms with Gasteiger partial charge in [-0.05, 0) is 36.7 Å². The summed E-state index contributed by atoms with van der Waals surface area (Å²) in [5, 5.41) is 3.47. The van der Waals surface area contributed by atoms with E-state index >= 15 is 0 Å². The number of nitrogens with one attached hydrogen (secondary N) is 3. The highest BCUT2D eigenvalue weighted by atomic mass is 32.1. The molecule has 17 heavy (non-hydrogen) atoms. The Balaban J connectivity index is 2.73. The second-order valence-corrected chi connectivity index (χ2v) is 4.13. The molecule has 0 saturated carbocycles. The van der Waals surface area contributed by atoms with Crippen LogP contribution in [0.1, 0.15) is 25.0 Å². The fourth-order valence-corrected chi connectivity index (χ4v) is 1.64. The van der Waals surface area contributed by atoms with Gasteiger partial charge < -0.3 is 5.32 Å². The van der Waals surface area contributed by atoms with E-state index in [4.69, 9.17) is 12.2 Å². The topological polar surface area (TPSA) is 53.2 Å². The van der Waals surface area contributed by atoms with Crippen LogP contribution >= 0.6 is 12.2 Å². The summed E-state index contributed by atoms with van der Waals surface area (Å²) in [4.78, 5) is 10.7. The van der Waals surface area contributed by atoms with Gasteiger partial charge >= 0.3 is 0 Å². The van der Waals surface area contributed by atoms with Crippen LogP contribution < -0.4 is 16.2 Å². The molecule has 0 spiro atoms. The van der Waals surface area contributed by atoms with E-state index in [1.54, 1.807) is 0 Å². The zero-order valence-electron chi connectivity index (χ0n) is 10.3. The van der Waals surface area contributed by atoms with Crippen LogP contribution in [0.15, 0.2) is 18.2 Å². The van der Waals surface area contributed by atoms with Crippen molar-refractivity contribution in [2.45, 2.75) is 27.2 Å². The third kappa shape index (κ3) is 4.03. The number of rotatable bonds is 2. The second kappa shape index (κ2) is 6.20. The Bertz CT molecular complexity index is 432. The highest BCUT2D eigenvalue weighted by molar-refractivity contribution is 7.80. The van der Waals surface area contributed by atoms with E-state index in [1.165, 1.54) is 12.5 Å². The van der Waals surface area contributed by atoms with Gasteiger partial charge in [-0.1, -0.05) is 25.1 Å². The standard InChI is InChI=1S/C12H17N3OS/c1-4-10-7-5-6-8(2)11(10)13-12(17)15-14-9(3)16/h5-7H,4H2,1-3H3,(H,14,16)(H2,13,15,17). The normalized spacial score (nSPS) is 9.59. The smallest absolute Gasteiger partial charge is 0.235 e. The quantitative estimate of drug-likeness (QED) is 0.555. The van der Waals surface area contributed by atoms with Crippen LogP contribution in [0.3, 0.4) is 0 Å². The number of thiocarbonyl (C=S) groups is 1. The predicted octanol–water partition coefficient (Wildman–Crippen LogP) is 1.89. The maximum atomic E-state index is 10.7. The van der Waals surface area contributed by atoms with Crippen LogP contribution in [0.25, 0.3) is 0 Å². The van der Waals surface area contributed by atoms with Crippen molar-refractivity contribution in [1.82, 2.24) is 10.9 Å². The van der Waals surface area contributed by atoms with Crippen LogP contribution in [0.5, 0.6) is 0 Å². The summed E-state index contributed by atoms with van der Waals surface area (Å²) in [5.74, 6) is -0.186. The number of carbonyl (C=O) groups excluding carboxylic acids is 1. The molecule has 0 aliphatic carbocycles. The lowest BCUT2D eigenvalue weighted by Crippen LogP contribution is -2.42. The summed E-state index contributed by atoms with van der Waals surface area (Å²) in [7, 11) is 0. The van der Waals surface area contributed by atoms with E-state index in [0.29, 0.717) is 5.11 Å². The van der Waals surface area contributed by atoms with Crippen LogP contribution in [0, 0.1) is 6.92 Å². The Morgan fingerprint density at radius 3 is 2.65 bits per heavy atom. The summed E-state index contributed by atoms with van der Waals surface area (Å²) >= 11 is 5.08. The van der Waals surface area contributed by atoms with Crippen LogP contribution in [-0.4, -0.2) is 11.0 Å². The van der Waals surface area contributed by atoms with Gasteiger partial charge in [0.25, 0.3) is 0 Å². The minimum atomic E-state index is -0.186. The number of hydrogen-bond donors (Lipinski definition) is 3. The lowest BCUT2D eigenvalue weighted by atomic mass is 10.1. The molecule has 5 heteroatoms. The van der Waals surface area contributed by atoms with E-state index in [2.05, 4.69) is 29.2 Å². The molecule has 0 aliphatic rings. The van der Waals surface area contributed by atoms with Crippen molar-refractivity contribution in [1.29, 1.82) is 0 Å². The molecule has 0 unspecified atom stereocenters. The Morgan fingerprint density at radius 2 is 2.06 bits per heavy atom. The van der Waals surface area contributed by atoms with Crippen LogP contribution in [0.4, 0.5) is 5.69 Å². The van der Waals surface area contributed by atoms with Gasteiger partial charge in [-0.15, -0.1) is 0 Å². The van der Waals surface area contributed by atoms with Gasteiger partial charge in [-0.3, -0.25) is 15.6 Å². The Morgan fingerprint density at radius 1 is 1.35 bits per heavy atom. The molecule has 0 saturated heterocycles. The maximum absolute atomic E-state index is 10.7. The second-order valence-electron chi connectivity index (χ2n) is 3.72. The van der Waals surface area contributed by atoms with Crippen molar-refractivity contribution in [3.8, 4) is 0 Å². The first kappa shape index (κ1) is 13.4. The third-order valence-electron chi connectivity index (χ3n) is 2.33. The highest BCUT2D eigenvalue weighted by Crippen LogP contribution is 2.20. The number of hydrogen-bond acceptors (Lipinski definition) is 2. The van der Waals surface area contributed by atoms with Crippen molar-refractivity contribution in [2.24, 2.45) is 0 Å². The number of aryl methyl sites for hydroxylation is 2. The first-order chi connectivity index (χ1) is 8.04. The van der Waals surface area contributed by atoms with E-state index in [-0.39, 0.29) is 5.91 Å². The monoisotopic (exact) mass is 251 g/mol. The number of para-hydroxylation sites is 1. The molecule has 0 bridgehead atoms. The zero-order valence-corrected chi connectivity index (χ0v) is 11.1. The molecule has 1 aromatic rings. The Hall–Kier alpha value is -1.62. The minimum absolute atomic E-state index is 0.186. The Kier molecular flexibility index (Phi) is 4.90. The summed E-state index contributed by atoms with van der Waals surface area (Å²) in [6.07, 6.45) is 0.923. The van der Waals surface area contributed by atoms with Crippen LogP contribution in [-0.2, 0) is 11.2 Å². The fourth-order valence-electron chi connectivity index (χ4n) is 1.49. The Labute approximate surface area is 107 Å². The molecule has 4 nitrogen and oxygen atoms in total. The molecular formula is C12H17N3OS. The van der Waals surface area contributed by atoms with Crippen molar-refractivity contribution < 1.29 is 4.79 Å². The summed E-state index contributed by atoms with van der Waals surface area (Å²) < 4.78 is 0. The fraction of sp³-hybridized carbons (Fsp3) is 0.333. The van der Waals surface area contributed by atoms with Gasteiger partial charge in [-0.25, -0.2) is 0 Å². The molecule has 92 valence electrons. The number of hydrazine groups is 1. The first-order valence-electron chi connectivity index (χ1n) is 5.46. The first-order valence-corrected chi connectivity index (χ1v) is 5.87. The summed E-state index contributed by atoms with van der Waals surface area (Å²) in [6.45, 7) is 5.52. The lowest BCUT2D eigenvalue weighted by Gasteiger charge is -2.15. The average molecular weight is 251 g/mol. The third-order valence-corrected chi connectivity index (χ3v) is 2.53.